The third-order valence-electron chi connectivity index (χ3n) is 2.68. The number of nitro benzene ring substituents is 1. The maximum atomic E-state index is 11.0. The van der Waals surface area contributed by atoms with E-state index in [0.717, 1.165) is 18.5 Å². The van der Waals surface area contributed by atoms with Gasteiger partial charge in [-0.3, -0.25) is 14.9 Å². The van der Waals surface area contributed by atoms with Crippen LogP contribution in [0.15, 0.2) is 18.2 Å². The van der Waals surface area contributed by atoms with Crippen molar-refractivity contribution in [2.24, 2.45) is 5.73 Å². The summed E-state index contributed by atoms with van der Waals surface area (Å²) in [5, 5.41) is 14.1. The predicted octanol–water partition coefficient (Wildman–Crippen LogP) is 1.35. The standard InChI is InChI=1S/C13H19N3O4/c1-3-6-15-8-10-4-5-11(16(18)19)12(7-10)20-9(2)13(14)17/h4-5,7,9,15H,3,6,8H2,1-2H3,(H2,14,17). The molecular formula is C13H19N3O4. The number of rotatable bonds is 8. The van der Waals surface area contributed by atoms with Crippen molar-refractivity contribution < 1.29 is 14.5 Å². The molecule has 1 atom stereocenters. The molecule has 7 nitrogen and oxygen atoms in total. The largest absolute Gasteiger partial charge is 0.474 e. The van der Waals surface area contributed by atoms with Crippen LogP contribution in [0, 0.1) is 10.1 Å². The number of primary amides is 1. The van der Waals surface area contributed by atoms with Gasteiger partial charge in [-0.2, -0.15) is 0 Å². The first-order valence-corrected chi connectivity index (χ1v) is 6.39. The van der Waals surface area contributed by atoms with Gasteiger partial charge in [-0.25, -0.2) is 0 Å². The molecule has 3 N–H and O–H groups in total. The number of carbonyl (C=O) groups is 1. The van der Waals surface area contributed by atoms with E-state index in [-0.39, 0.29) is 11.4 Å². The Morgan fingerprint density at radius 2 is 2.25 bits per heavy atom. The van der Waals surface area contributed by atoms with Crippen LogP contribution in [0.3, 0.4) is 0 Å². The molecule has 20 heavy (non-hydrogen) atoms. The molecule has 1 rings (SSSR count). The van der Waals surface area contributed by atoms with E-state index < -0.39 is 16.9 Å². The average Bonchev–Trinajstić information content (AvgIpc) is 2.38. The summed E-state index contributed by atoms with van der Waals surface area (Å²) in [5.41, 5.74) is 5.76. The van der Waals surface area contributed by atoms with Crippen molar-refractivity contribution in [1.82, 2.24) is 5.32 Å². The highest BCUT2D eigenvalue weighted by Crippen LogP contribution is 2.28. The van der Waals surface area contributed by atoms with Gasteiger partial charge in [0.25, 0.3) is 5.91 Å². The first-order valence-electron chi connectivity index (χ1n) is 6.39. The van der Waals surface area contributed by atoms with E-state index in [1.54, 1.807) is 12.1 Å². The van der Waals surface area contributed by atoms with Gasteiger partial charge in [0.1, 0.15) is 0 Å². The van der Waals surface area contributed by atoms with Crippen molar-refractivity contribution in [3.8, 4) is 5.75 Å². The van der Waals surface area contributed by atoms with Gasteiger partial charge < -0.3 is 15.8 Å². The lowest BCUT2D eigenvalue weighted by atomic mass is 10.2. The fraction of sp³-hybridized carbons (Fsp3) is 0.462. The molecule has 7 heteroatoms. The molecule has 1 aromatic carbocycles. The number of hydrogen-bond acceptors (Lipinski definition) is 5. The number of nitrogens with zero attached hydrogens (tertiary/aromatic N) is 1. The predicted molar refractivity (Wildman–Crippen MR) is 74.4 cm³/mol. The van der Waals surface area contributed by atoms with Crippen molar-refractivity contribution in [2.75, 3.05) is 6.54 Å². The number of amides is 1. The van der Waals surface area contributed by atoms with E-state index >= 15 is 0 Å². The maximum Gasteiger partial charge on any atom is 0.310 e. The normalized spacial score (nSPS) is 11.9. The van der Waals surface area contributed by atoms with Gasteiger partial charge in [-0.05, 0) is 31.5 Å². The van der Waals surface area contributed by atoms with Crippen molar-refractivity contribution in [1.29, 1.82) is 0 Å². The van der Waals surface area contributed by atoms with Crippen LogP contribution < -0.4 is 15.8 Å². The molecule has 0 saturated heterocycles. The van der Waals surface area contributed by atoms with Crippen LogP contribution in [0.5, 0.6) is 5.75 Å². The molecule has 1 aromatic rings. The summed E-state index contributed by atoms with van der Waals surface area (Å²) in [4.78, 5) is 21.4. The van der Waals surface area contributed by atoms with E-state index in [9.17, 15) is 14.9 Å². The molecule has 0 spiro atoms. The molecule has 0 aliphatic carbocycles. The van der Waals surface area contributed by atoms with E-state index in [1.165, 1.54) is 13.0 Å². The summed E-state index contributed by atoms with van der Waals surface area (Å²) in [7, 11) is 0. The zero-order valence-corrected chi connectivity index (χ0v) is 11.6. The Morgan fingerprint density at radius 1 is 1.55 bits per heavy atom. The van der Waals surface area contributed by atoms with Gasteiger partial charge in [0.15, 0.2) is 11.9 Å². The lowest BCUT2D eigenvalue weighted by molar-refractivity contribution is -0.386. The molecule has 0 aliphatic rings. The second-order valence-corrected chi connectivity index (χ2v) is 4.40. The zero-order chi connectivity index (χ0) is 15.1. The smallest absolute Gasteiger partial charge is 0.310 e. The molecule has 0 bridgehead atoms. The van der Waals surface area contributed by atoms with Crippen LogP contribution in [0.25, 0.3) is 0 Å². The number of carbonyl (C=O) groups excluding carboxylic acids is 1. The van der Waals surface area contributed by atoms with Crippen LogP contribution in [0.1, 0.15) is 25.8 Å². The molecule has 0 saturated carbocycles. The number of nitrogens with two attached hydrogens (primary N) is 1. The van der Waals surface area contributed by atoms with E-state index in [2.05, 4.69) is 5.32 Å². The zero-order valence-electron chi connectivity index (χ0n) is 11.6. The quantitative estimate of drug-likeness (QED) is 0.425. The van der Waals surface area contributed by atoms with Crippen molar-refractivity contribution >= 4 is 11.6 Å². The fourth-order valence-corrected chi connectivity index (χ4v) is 1.57. The van der Waals surface area contributed by atoms with Crippen LogP contribution in [-0.4, -0.2) is 23.5 Å². The monoisotopic (exact) mass is 281 g/mol. The first-order chi connectivity index (χ1) is 9.45. The van der Waals surface area contributed by atoms with Gasteiger partial charge in [0.2, 0.25) is 0 Å². The second-order valence-electron chi connectivity index (χ2n) is 4.40. The van der Waals surface area contributed by atoms with Crippen LogP contribution >= 0.6 is 0 Å². The summed E-state index contributed by atoms with van der Waals surface area (Å²) in [6, 6.07) is 4.58. The Kier molecular flexibility index (Phi) is 5.92. The molecule has 0 heterocycles. The minimum Gasteiger partial charge on any atom is -0.474 e. The van der Waals surface area contributed by atoms with Crippen LogP contribution in [0.4, 0.5) is 5.69 Å². The highest BCUT2D eigenvalue weighted by atomic mass is 16.6. The number of nitro groups is 1. The molecule has 110 valence electrons. The van der Waals surface area contributed by atoms with Crippen molar-refractivity contribution in [2.45, 2.75) is 32.9 Å². The average molecular weight is 281 g/mol. The summed E-state index contributed by atoms with van der Waals surface area (Å²) < 4.78 is 5.27. The van der Waals surface area contributed by atoms with Crippen LogP contribution in [-0.2, 0) is 11.3 Å². The van der Waals surface area contributed by atoms with Crippen LogP contribution in [0.2, 0.25) is 0 Å². The summed E-state index contributed by atoms with van der Waals surface area (Å²) in [6.07, 6.45) is 0.0715. The van der Waals surface area contributed by atoms with Gasteiger partial charge in [-0.15, -0.1) is 0 Å². The Balaban J connectivity index is 2.93. The van der Waals surface area contributed by atoms with E-state index in [4.69, 9.17) is 10.5 Å². The van der Waals surface area contributed by atoms with E-state index in [1.807, 2.05) is 6.92 Å². The number of nitrogens with one attached hydrogen (secondary N) is 1. The Morgan fingerprint density at radius 3 is 2.80 bits per heavy atom. The molecular weight excluding hydrogens is 262 g/mol. The highest BCUT2D eigenvalue weighted by Gasteiger charge is 2.20. The van der Waals surface area contributed by atoms with Gasteiger partial charge in [-0.1, -0.05) is 13.0 Å². The first kappa shape index (κ1) is 15.9. The SMILES string of the molecule is CCCNCc1ccc([N+](=O)[O-])c(OC(C)C(N)=O)c1. The summed E-state index contributed by atoms with van der Waals surface area (Å²) in [6.45, 7) is 4.93. The molecule has 1 amide bonds. The number of ether oxygens (including phenoxy) is 1. The van der Waals surface area contributed by atoms with Crippen molar-refractivity contribution in [3.05, 3.63) is 33.9 Å². The molecule has 0 radical (unpaired) electrons. The fourth-order valence-electron chi connectivity index (χ4n) is 1.57. The number of benzene rings is 1. The molecule has 0 fully saturated rings. The lowest BCUT2D eigenvalue weighted by Gasteiger charge is -2.12. The molecule has 0 aromatic heterocycles. The van der Waals surface area contributed by atoms with Gasteiger partial charge >= 0.3 is 5.69 Å². The molecule has 0 aliphatic heterocycles. The number of hydrogen-bond donors (Lipinski definition) is 2. The molecule has 1 unspecified atom stereocenters. The van der Waals surface area contributed by atoms with Gasteiger partial charge in [0.05, 0.1) is 4.92 Å². The summed E-state index contributed by atoms with van der Waals surface area (Å²) in [5.74, 6) is -0.620. The van der Waals surface area contributed by atoms with E-state index in [0.29, 0.717) is 6.54 Å². The van der Waals surface area contributed by atoms with Crippen molar-refractivity contribution in [3.63, 3.8) is 0 Å². The minimum absolute atomic E-state index is 0.0529. The minimum atomic E-state index is -0.924. The third kappa shape index (κ3) is 4.51. The van der Waals surface area contributed by atoms with Gasteiger partial charge in [0, 0.05) is 12.6 Å². The topological polar surface area (TPSA) is 107 Å². The second kappa shape index (κ2) is 7.44. The lowest BCUT2D eigenvalue weighted by Crippen LogP contribution is -2.30. The Bertz CT molecular complexity index is 491. The summed E-state index contributed by atoms with van der Waals surface area (Å²) >= 11 is 0. The maximum absolute atomic E-state index is 11.0. The Hall–Kier alpha value is -2.15. The Labute approximate surface area is 117 Å². The highest BCUT2D eigenvalue weighted by molar-refractivity contribution is 5.78. The third-order valence-corrected chi connectivity index (χ3v) is 2.68.